The predicted octanol–water partition coefficient (Wildman–Crippen LogP) is 3.49. The summed E-state index contributed by atoms with van der Waals surface area (Å²) in [4.78, 5) is 34.0. The van der Waals surface area contributed by atoms with Crippen LogP contribution in [0, 0.1) is 5.92 Å². The SMILES string of the molecule is CCCOC(=O)C(C=Nc1nc(CC)c(CC)s1)C(=O)OCCC. The quantitative estimate of drug-likeness (QED) is 0.365. The zero-order chi connectivity index (χ0) is 17.9. The maximum atomic E-state index is 12.1. The highest BCUT2D eigenvalue weighted by Gasteiger charge is 2.28. The Morgan fingerprint density at radius 3 is 2.08 bits per heavy atom. The minimum absolute atomic E-state index is 0.265. The minimum Gasteiger partial charge on any atom is -0.465 e. The normalized spacial score (nSPS) is 11.2. The van der Waals surface area contributed by atoms with E-state index in [2.05, 4.69) is 16.9 Å². The Bertz CT molecular complexity index is 527. The van der Waals surface area contributed by atoms with Crippen LogP contribution in [-0.2, 0) is 31.9 Å². The van der Waals surface area contributed by atoms with Gasteiger partial charge in [-0.05, 0) is 25.7 Å². The second-order valence-corrected chi connectivity index (χ2v) is 6.23. The maximum Gasteiger partial charge on any atom is 0.325 e. The van der Waals surface area contributed by atoms with Gasteiger partial charge in [0.15, 0.2) is 5.92 Å². The number of thiazole rings is 1. The van der Waals surface area contributed by atoms with Gasteiger partial charge in [0.25, 0.3) is 0 Å². The van der Waals surface area contributed by atoms with Gasteiger partial charge in [-0.15, -0.1) is 0 Å². The second kappa shape index (κ2) is 10.9. The molecule has 0 N–H and O–H groups in total. The van der Waals surface area contributed by atoms with Crippen LogP contribution >= 0.6 is 11.3 Å². The van der Waals surface area contributed by atoms with E-state index in [1.54, 1.807) is 0 Å². The molecule has 0 amide bonds. The molecule has 0 radical (unpaired) electrons. The first kappa shape index (κ1) is 20.3. The lowest BCUT2D eigenvalue weighted by molar-refractivity contribution is -0.158. The number of ether oxygens (including phenoxy) is 2. The van der Waals surface area contributed by atoms with E-state index in [9.17, 15) is 9.59 Å². The maximum absolute atomic E-state index is 12.1. The average molecular weight is 354 g/mol. The van der Waals surface area contributed by atoms with Gasteiger partial charge in [-0.25, -0.2) is 9.98 Å². The highest BCUT2D eigenvalue weighted by molar-refractivity contribution is 7.15. The molecule has 0 saturated carbocycles. The topological polar surface area (TPSA) is 77.9 Å². The molecular formula is C17H26N2O4S. The number of aryl methyl sites for hydroxylation is 2. The third kappa shape index (κ3) is 6.03. The van der Waals surface area contributed by atoms with E-state index in [1.807, 2.05) is 20.8 Å². The molecule has 0 bridgehead atoms. The number of aromatic nitrogens is 1. The number of carbonyl (C=O) groups excluding carboxylic acids is 2. The van der Waals surface area contributed by atoms with Crippen LogP contribution in [0.4, 0.5) is 5.13 Å². The molecule has 1 rings (SSSR count). The molecule has 0 unspecified atom stereocenters. The molecular weight excluding hydrogens is 328 g/mol. The van der Waals surface area contributed by atoms with Crippen LogP contribution < -0.4 is 0 Å². The van der Waals surface area contributed by atoms with Crippen molar-refractivity contribution in [2.45, 2.75) is 53.4 Å². The van der Waals surface area contributed by atoms with Crippen LogP contribution in [0.1, 0.15) is 51.1 Å². The van der Waals surface area contributed by atoms with E-state index >= 15 is 0 Å². The van der Waals surface area contributed by atoms with Crippen molar-refractivity contribution in [1.29, 1.82) is 0 Å². The molecule has 1 heterocycles. The fourth-order valence-electron chi connectivity index (χ4n) is 1.92. The summed E-state index contributed by atoms with van der Waals surface area (Å²) in [6.07, 6.45) is 4.37. The summed E-state index contributed by atoms with van der Waals surface area (Å²) in [6, 6.07) is 0. The standard InChI is InChI=1S/C17H26N2O4S/c1-5-9-22-15(20)12(16(21)23-10-6-2)11-18-17-19-13(7-3)14(8-4)24-17/h11-12H,5-10H2,1-4H3. The lowest BCUT2D eigenvalue weighted by atomic mass is 10.2. The molecule has 24 heavy (non-hydrogen) atoms. The summed E-state index contributed by atoms with van der Waals surface area (Å²) in [7, 11) is 0. The van der Waals surface area contributed by atoms with Crippen LogP contribution in [-0.4, -0.2) is 36.4 Å². The molecule has 0 atom stereocenters. The van der Waals surface area contributed by atoms with Crippen LogP contribution in [0.3, 0.4) is 0 Å². The van der Waals surface area contributed by atoms with Crippen molar-refractivity contribution in [3.63, 3.8) is 0 Å². The first-order valence-corrected chi connectivity index (χ1v) is 9.24. The van der Waals surface area contributed by atoms with Crippen molar-refractivity contribution in [3.8, 4) is 0 Å². The smallest absolute Gasteiger partial charge is 0.325 e. The Kier molecular flexibility index (Phi) is 9.22. The van der Waals surface area contributed by atoms with Crippen molar-refractivity contribution in [2.75, 3.05) is 13.2 Å². The second-order valence-electron chi connectivity index (χ2n) is 5.16. The summed E-state index contributed by atoms with van der Waals surface area (Å²) < 4.78 is 10.1. The van der Waals surface area contributed by atoms with E-state index < -0.39 is 17.9 Å². The molecule has 6 nitrogen and oxygen atoms in total. The van der Waals surface area contributed by atoms with Gasteiger partial charge in [0, 0.05) is 11.1 Å². The lowest BCUT2D eigenvalue weighted by Gasteiger charge is -2.10. The average Bonchev–Trinajstić information content (AvgIpc) is 3.00. The van der Waals surface area contributed by atoms with Gasteiger partial charge in [-0.1, -0.05) is 39.0 Å². The van der Waals surface area contributed by atoms with Crippen molar-refractivity contribution in [2.24, 2.45) is 10.9 Å². The van der Waals surface area contributed by atoms with Gasteiger partial charge in [-0.3, -0.25) is 9.59 Å². The molecule has 1 aromatic rings. The molecule has 0 aliphatic heterocycles. The number of rotatable bonds is 10. The molecule has 0 aromatic carbocycles. The Morgan fingerprint density at radius 1 is 1.08 bits per heavy atom. The number of esters is 2. The molecule has 0 saturated heterocycles. The van der Waals surface area contributed by atoms with E-state index in [0.29, 0.717) is 18.0 Å². The molecule has 0 aliphatic rings. The van der Waals surface area contributed by atoms with E-state index in [-0.39, 0.29) is 13.2 Å². The molecule has 0 spiro atoms. The number of aliphatic imine (C=N–C) groups is 1. The van der Waals surface area contributed by atoms with Crippen molar-refractivity contribution < 1.29 is 19.1 Å². The minimum atomic E-state index is -1.15. The van der Waals surface area contributed by atoms with Gasteiger partial charge in [-0.2, -0.15) is 0 Å². The van der Waals surface area contributed by atoms with E-state index in [0.717, 1.165) is 18.5 Å². The van der Waals surface area contributed by atoms with Crippen LogP contribution in [0.2, 0.25) is 0 Å². The zero-order valence-corrected chi connectivity index (χ0v) is 15.6. The lowest BCUT2D eigenvalue weighted by Crippen LogP contribution is -2.29. The summed E-state index contributed by atoms with van der Waals surface area (Å²) in [6.45, 7) is 8.41. The van der Waals surface area contributed by atoms with Crippen molar-refractivity contribution in [1.82, 2.24) is 4.98 Å². The summed E-state index contributed by atoms with van der Waals surface area (Å²) in [5, 5.41) is 0.542. The number of hydrogen-bond donors (Lipinski definition) is 0. The highest BCUT2D eigenvalue weighted by Crippen LogP contribution is 2.26. The Labute approximate surface area is 147 Å². The van der Waals surface area contributed by atoms with Gasteiger partial charge >= 0.3 is 11.9 Å². The molecule has 0 fully saturated rings. The van der Waals surface area contributed by atoms with Gasteiger partial charge in [0.1, 0.15) is 0 Å². The third-order valence-electron chi connectivity index (χ3n) is 3.16. The molecule has 7 heteroatoms. The fraction of sp³-hybridized carbons (Fsp3) is 0.647. The molecule has 0 aliphatic carbocycles. The summed E-state index contributed by atoms with van der Waals surface area (Å²) in [5.74, 6) is -2.42. The monoisotopic (exact) mass is 354 g/mol. The van der Waals surface area contributed by atoms with E-state index in [1.165, 1.54) is 22.4 Å². The fourth-order valence-corrected chi connectivity index (χ4v) is 2.86. The zero-order valence-electron chi connectivity index (χ0n) is 14.8. The third-order valence-corrected chi connectivity index (χ3v) is 4.31. The largest absolute Gasteiger partial charge is 0.465 e. The van der Waals surface area contributed by atoms with Gasteiger partial charge in [0.2, 0.25) is 5.13 Å². The predicted molar refractivity (Wildman–Crippen MR) is 95.0 cm³/mol. The van der Waals surface area contributed by atoms with Gasteiger partial charge < -0.3 is 9.47 Å². The first-order chi connectivity index (χ1) is 11.6. The van der Waals surface area contributed by atoms with E-state index in [4.69, 9.17) is 9.47 Å². The highest BCUT2D eigenvalue weighted by atomic mass is 32.1. The molecule has 134 valence electrons. The first-order valence-electron chi connectivity index (χ1n) is 8.43. The number of hydrogen-bond acceptors (Lipinski definition) is 7. The summed E-state index contributed by atoms with van der Waals surface area (Å²) >= 11 is 1.47. The molecule has 1 aromatic heterocycles. The van der Waals surface area contributed by atoms with Crippen LogP contribution in [0.25, 0.3) is 0 Å². The Morgan fingerprint density at radius 2 is 1.67 bits per heavy atom. The Balaban J connectivity index is 2.91. The van der Waals surface area contributed by atoms with Crippen molar-refractivity contribution >= 4 is 34.6 Å². The van der Waals surface area contributed by atoms with Gasteiger partial charge in [0.05, 0.1) is 18.9 Å². The number of carbonyl (C=O) groups is 2. The Hall–Kier alpha value is -1.76. The van der Waals surface area contributed by atoms with Crippen molar-refractivity contribution in [3.05, 3.63) is 10.6 Å². The number of nitrogens with zero attached hydrogens (tertiary/aromatic N) is 2. The van der Waals surface area contributed by atoms with Crippen LogP contribution in [0.15, 0.2) is 4.99 Å². The summed E-state index contributed by atoms with van der Waals surface area (Å²) in [5.41, 5.74) is 1.01. The van der Waals surface area contributed by atoms with Crippen LogP contribution in [0.5, 0.6) is 0 Å².